The van der Waals surface area contributed by atoms with E-state index in [1.807, 2.05) is 23.1 Å². The lowest BCUT2D eigenvalue weighted by Gasteiger charge is -2.34. The summed E-state index contributed by atoms with van der Waals surface area (Å²) in [6.07, 6.45) is 3.98. The zero-order chi connectivity index (χ0) is 17.6. The lowest BCUT2D eigenvalue weighted by atomic mass is 10.1. The molecule has 3 rings (SSSR count). The monoisotopic (exact) mass is 339 g/mol. The number of rotatable bonds is 5. The molecule has 0 saturated carbocycles. The van der Waals surface area contributed by atoms with E-state index in [9.17, 15) is 14.4 Å². The minimum absolute atomic E-state index is 0.0181. The van der Waals surface area contributed by atoms with Crippen LogP contribution in [0.15, 0.2) is 59.7 Å². The highest BCUT2D eigenvalue weighted by atomic mass is 16.2. The maximum atomic E-state index is 12.3. The van der Waals surface area contributed by atoms with Gasteiger partial charge in [0.2, 0.25) is 11.8 Å². The second-order valence-electron chi connectivity index (χ2n) is 6.14. The summed E-state index contributed by atoms with van der Waals surface area (Å²) in [5.74, 6) is -0.129. The second kappa shape index (κ2) is 7.79. The van der Waals surface area contributed by atoms with E-state index in [1.54, 1.807) is 21.9 Å². The van der Waals surface area contributed by atoms with Gasteiger partial charge in [0.25, 0.3) is 0 Å². The number of benzene rings is 1. The molecule has 0 unspecified atom stereocenters. The molecule has 25 heavy (non-hydrogen) atoms. The van der Waals surface area contributed by atoms with E-state index in [-0.39, 0.29) is 30.3 Å². The van der Waals surface area contributed by atoms with Crippen molar-refractivity contribution < 1.29 is 9.59 Å². The normalized spacial score (nSPS) is 14.6. The first kappa shape index (κ1) is 17.0. The van der Waals surface area contributed by atoms with Gasteiger partial charge in [0.05, 0.1) is 6.54 Å². The molecule has 1 aliphatic rings. The van der Waals surface area contributed by atoms with Crippen LogP contribution >= 0.6 is 0 Å². The van der Waals surface area contributed by atoms with Crippen molar-refractivity contribution >= 4 is 11.8 Å². The van der Waals surface area contributed by atoms with Crippen LogP contribution in [0.5, 0.6) is 0 Å². The summed E-state index contributed by atoms with van der Waals surface area (Å²) in [6.45, 7) is 2.02. The highest BCUT2D eigenvalue weighted by molar-refractivity contribution is 5.86. The molecule has 6 heteroatoms. The third-order valence-corrected chi connectivity index (χ3v) is 4.36. The van der Waals surface area contributed by atoms with Crippen LogP contribution in [0.4, 0.5) is 0 Å². The summed E-state index contributed by atoms with van der Waals surface area (Å²) >= 11 is 0. The fourth-order valence-corrected chi connectivity index (χ4v) is 2.87. The third kappa shape index (κ3) is 4.56. The molecule has 0 atom stereocenters. The van der Waals surface area contributed by atoms with Gasteiger partial charge in [0, 0.05) is 44.2 Å². The third-order valence-electron chi connectivity index (χ3n) is 4.36. The van der Waals surface area contributed by atoms with E-state index in [0.717, 1.165) is 6.42 Å². The molecule has 0 N–H and O–H groups in total. The number of hydrogen-bond acceptors (Lipinski definition) is 3. The van der Waals surface area contributed by atoms with Gasteiger partial charge < -0.3 is 14.4 Å². The molecule has 1 fully saturated rings. The number of nitrogens with zero attached hydrogens (tertiary/aromatic N) is 3. The predicted molar refractivity (Wildman–Crippen MR) is 94.0 cm³/mol. The van der Waals surface area contributed by atoms with Crippen LogP contribution in [0.2, 0.25) is 0 Å². The van der Waals surface area contributed by atoms with Gasteiger partial charge in [-0.15, -0.1) is 0 Å². The zero-order valence-electron chi connectivity index (χ0n) is 14.0. The Morgan fingerprint density at radius 3 is 2.36 bits per heavy atom. The van der Waals surface area contributed by atoms with E-state index in [1.165, 1.54) is 17.7 Å². The highest BCUT2D eigenvalue weighted by Crippen LogP contribution is 2.07. The van der Waals surface area contributed by atoms with Crippen molar-refractivity contribution in [3.05, 3.63) is 70.6 Å². The number of hydrogen-bond donors (Lipinski definition) is 0. The Morgan fingerprint density at radius 1 is 0.960 bits per heavy atom. The molecule has 0 spiro atoms. The van der Waals surface area contributed by atoms with Crippen molar-refractivity contribution in [1.29, 1.82) is 0 Å². The fraction of sp³-hybridized carbons (Fsp3) is 0.316. The minimum Gasteiger partial charge on any atom is -0.345 e. The van der Waals surface area contributed by atoms with Crippen LogP contribution in [0.3, 0.4) is 0 Å². The lowest BCUT2D eigenvalue weighted by Crippen LogP contribution is -2.53. The molecule has 1 saturated heterocycles. The summed E-state index contributed by atoms with van der Waals surface area (Å²) in [4.78, 5) is 39.1. The van der Waals surface area contributed by atoms with E-state index < -0.39 is 0 Å². The van der Waals surface area contributed by atoms with Gasteiger partial charge in [0.15, 0.2) is 5.43 Å². The van der Waals surface area contributed by atoms with Gasteiger partial charge in [-0.1, -0.05) is 30.3 Å². The highest BCUT2D eigenvalue weighted by Gasteiger charge is 2.26. The van der Waals surface area contributed by atoms with Crippen LogP contribution in [0.1, 0.15) is 5.56 Å². The van der Waals surface area contributed by atoms with E-state index in [2.05, 4.69) is 12.1 Å². The maximum absolute atomic E-state index is 12.3. The van der Waals surface area contributed by atoms with Gasteiger partial charge in [-0.25, -0.2) is 0 Å². The predicted octanol–water partition coefficient (Wildman–Crippen LogP) is 0.762. The van der Waals surface area contributed by atoms with Crippen molar-refractivity contribution in [1.82, 2.24) is 14.4 Å². The largest absolute Gasteiger partial charge is 0.345 e. The number of piperazine rings is 1. The van der Waals surface area contributed by atoms with E-state index >= 15 is 0 Å². The fourth-order valence-electron chi connectivity index (χ4n) is 2.87. The van der Waals surface area contributed by atoms with E-state index in [4.69, 9.17) is 0 Å². The molecule has 2 aromatic rings. The topological polar surface area (TPSA) is 62.6 Å². The Morgan fingerprint density at radius 2 is 1.68 bits per heavy atom. The molecule has 1 aliphatic heterocycles. The Labute approximate surface area is 146 Å². The lowest BCUT2D eigenvalue weighted by molar-refractivity contribution is -0.145. The van der Waals surface area contributed by atoms with Gasteiger partial charge in [-0.3, -0.25) is 14.4 Å². The molecule has 1 aromatic heterocycles. The van der Waals surface area contributed by atoms with Crippen molar-refractivity contribution in [2.75, 3.05) is 26.2 Å². The zero-order valence-corrected chi connectivity index (χ0v) is 14.0. The number of aromatic nitrogens is 1. The molecule has 0 bridgehead atoms. The summed E-state index contributed by atoms with van der Waals surface area (Å²) < 4.78 is 1.65. The molecule has 2 heterocycles. The molecular weight excluding hydrogens is 318 g/mol. The standard InChI is InChI=1S/C19H21N3O3/c23-17-7-9-20(10-8-17)14-18(24)22-13-12-21(19(25)15-22)11-6-16-4-2-1-3-5-16/h1-5,7-10H,6,11-15H2. The molecule has 0 aliphatic carbocycles. The van der Waals surface area contributed by atoms with E-state index in [0.29, 0.717) is 19.6 Å². The molecular formula is C19H21N3O3. The average molecular weight is 339 g/mol. The molecule has 130 valence electrons. The Bertz CT molecular complexity index is 781. The van der Waals surface area contributed by atoms with Gasteiger partial charge in [-0.2, -0.15) is 0 Å². The first-order valence-electron chi connectivity index (χ1n) is 8.37. The van der Waals surface area contributed by atoms with Crippen molar-refractivity contribution in [3.8, 4) is 0 Å². The summed E-state index contributed by atoms with van der Waals surface area (Å²) in [7, 11) is 0. The molecule has 2 amide bonds. The molecule has 6 nitrogen and oxygen atoms in total. The van der Waals surface area contributed by atoms with Crippen LogP contribution in [0, 0.1) is 0 Å². The van der Waals surface area contributed by atoms with Crippen LogP contribution < -0.4 is 5.43 Å². The average Bonchev–Trinajstić information content (AvgIpc) is 2.63. The Kier molecular flexibility index (Phi) is 5.28. The van der Waals surface area contributed by atoms with Crippen LogP contribution in [-0.4, -0.2) is 52.4 Å². The van der Waals surface area contributed by atoms with Gasteiger partial charge >= 0.3 is 0 Å². The van der Waals surface area contributed by atoms with Crippen LogP contribution in [-0.2, 0) is 22.6 Å². The first-order valence-corrected chi connectivity index (χ1v) is 8.37. The number of carbonyl (C=O) groups excluding carboxylic acids is 2. The Hall–Kier alpha value is -2.89. The number of pyridine rings is 1. The van der Waals surface area contributed by atoms with Gasteiger partial charge in [0.1, 0.15) is 6.54 Å². The minimum atomic E-state index is -0.111. The summed E-state index contributed by atoms with van der Waals surface area (Å²) in [5.41, 5.74) is 1.11. The molecule has 1 aromatic carbocycles. The smallest absolute Gasteiger partial charge is 0.243 e. The van der Waals surface area contributed by atoms with Crippen molar-refractivity contribution in [3.63, 3.8) is 0 Å². The number of amides is 2. The molecule has 0 radical (unpaired) electrons. The number of carbonyl (C=O) groups is 2. The van der Waals surface area contributed by atoms with Crippen molar-refractivity contribution in [2.24, 2.45) is 0 Å². The first-order chi connectivity index (χ1) is 12.1. The maximum Gasteiger partial charge on any atom is 0.243 e. The van der Waals surface area contributed by atoms with Crippen molar-refractivity contribution in [2.45, 2.75) is 13.0 Å². The summed E-state index contributed by atoms with van der Waals surface area (Å²) in [5, 5.41) is 0. The SMILES string of the molecule is O=C1CN(C(=O)Cn2ccc(=O)cc2)CCN1CCc1ccccc1. The quantitative estimate of drug-likeness (QED) is 0.808. The van der Waals surface area contributed by atoms with Crippen LogP contribution in [0.25, 0.3) is 0 Å². The Balaban J connectivity index is 1.50. The second-order valence-corrected chi connectivity index (χ2v) is 6.14. The summed E-state index contributed by atoms with van der Waals surface area (Å²) in [6, 6.07) is 12.9. The van der Waals surface area contributed by atoms with Gasteiger partial charge in [-0.05, 0) is 12.0 Å².